The van der Waals surface area contributed by atoms with Gasteiger partial charge in [-0.25, -0.2) is 8.42 Å². The number of halogens is 2. The molecule has 0 fully saturated rings. The molecule has 0 saturated heterocycles. The summed E-state index contributed by atoms with van der Waals surface area (Å²) < 4.78 is 71.3. The second-order valence-corrected chi connectivity index (χ2v) is 23.4. The van der Waals surface area contributed by atoms with Crippen LogP contribution in [-0.2, 0) is 29.2 Å². The molecule has 74 heavy (non-hydrogen) atoms. The van der Waals surface area contributed by atoms with Crippen molar-refractivity contribution in [2.24, 2.45) is 10.2 Å². The number of rotatable bonds is 14. The average Bonchev–Trinajstić information content (AvgIpc) is 3.90. The topological polar surface area (TPSA) is 223 Å². The van der Waals surface area contributed by atoms with Gasteiger partial charge in [0.25, 0.3) is 0 Å². The molecule has 2 unspecified atom stereocenters. The zero-order valence-corrected chi connectivity index (χ0v) is 44.3. The van der Waals surface area contributed by atoms with Crippen molar-refractivity contribution in [1.29, 1.82) is 10.5 Å². The van der Waals surface area contributed by atoms with Crippen molar-refractivity contribution in [2.75, 3.05) is 13.2 Å². The predicted molar refractivity (Wildman–Crippen MR) is 286 cm³/mol. The summed E-state index contributed by atoms with van der Waals surface area (Å²) in [5.41, 5.74) is 0.687. The number of carbonyl (C=O) groups is 2. The lowest BCUT2D eigenvalue weighted by atomic mass is 9.97. The minimum Gasteiger partial charge on any atom is -0.743 e. The van der Waals surface area contributed by atoms with Crippen LogP contribution >= 0.6 is 20.9 Å². The maximum Gasteiger partial charge on any atom is 0.367 e. The Bertz CT molecular complexity index is 3320. The Hall–Kier alpha value is -7.35. The molecule has 0 radical (unpaired) electrons. The molecule has 2 heterocycles. The fourth-order valence-corrected chi connectivity index (χ4v) is 13.3. The number of hydrogen-bond acceptors (Lipinski definition) is 13. The number of alkyl halides is 2. The van der Waals surface area contributed by atoms with E-state index in [-0.39, 0.29) is 46.8 Å². The largest absolute Gasteiger partial charge is 0.743 e. The van der Waals surface area contributed by atoms with Gasteiger partial charge in [0.1, 0.15) is 11.5 Å². The first-order valence-corrected chi connectivity index (χ1v) is 27.2. The van der Waals surface area contributed by atoms with E-state index >= 15 is 0 Å². The normalized spacial score (nSPS) is 13.2. The number of phenolic OH excluding ortho intramolecular Hbond substituents is 2. The van der Waals surface area contributed by atoms with Crippen molar-refractivity contribution in [2.45, 2.75) is 90.5 Å². The molecule has 2 atom stereocenters. The van der Waals surface area contributed by atoms with Gasteiger partial charge >= 0.3 is 17.2 Å². The summed E-state index contributed by atoms with van der Waals surface area (Å²) in [7, 11) is -6.16. The van der Waals surface area contributed by atoms with E-state index in [1.165, 1.54) is 64.0 Å². The number of benzene rings is 6. The standard InChI is InChI=1S/2C20H16OS.C16H22F2N4O7S/c2*1-13-11-15(12-14(2)20(13)21)22-18-9-5-3-7-16(18)17-8-4-6-10-19(17)22;1-4-28-12(23)5-7-14(2,9-19)21-22-15(3,10-20)8-6-13(24)29-11-16(17,18)30(25,26)27/h2*3-12H,1-2H3;4-8,11H2,1-3H3,(H,25,26,27)/p+1. The van der Waals surface area contributed by atoms with Gasteiger partial charge in [-0.15, -0.1) is 0 Å². The van der Waals surface area contributed by atoms with Gasteiger partial charge in [0.15, 0.2) is 56.4 Å². The monoisotopic (exact) mass is 1060 g/mol. The highest BCUT2D eigenvalue weighted by Gasteiger charge is 2.40. The van der Waals surface area contributed by atoms with Crippen LogP contribution in [0.15, 0.2) is 132 Å². The van der Waals surface area contributed by atoms with Gasteiger partial charge in [-0.1, -0.05) is 48.5 Å². The average molecular weight is 1060 g/mol. The highest BCUT2D eigenvalue weighted by Crippen LogP contribution is 2.51. The molecule has 0 aliphatic rings. The van der Waals surface area contributed by atoms with E-state index in [4.69, 9.17) is 4.74 Å². The van der Waals surface area contributed by atoms with E-state index in [1.54, 1.807) is 13.0 Å². The lowest BCUT2D eigenvalue weighted by Gasteiger charge is -2.20. The van der Waals surface area contributed by atoms with Crippen molar-refractivity contribution in [3.05, 3.63) is 144 Å². The third-order valence-electron chi connectivity index (χ3n) is 12.1. The van der Waals surface area contributed by atoms with Crippen LogP contribution in [0.5, 0.6) is 11.5 Å². The summed E-state index contributed by atoms with van der Waals surface area (Å²) in [5, 5.41) is 46.8. The lowest BCUT2D eigenvalue weighted by molar-refractivity contribution is -0.150. The highest BCUT2D eigenvalue weighted by molar-refractivity contribution is 7.86. The third kappa shape index (κ3) is 12.7. The lowest BCUT2D eigenvalue weighted by Crippen LogP contribution is -2.35. The fourth-order valence-electron chi connectivity index (χ4n) is 7.99. The molecule has 0 aliphatic heterocycles. The van der Waals surface area contributed by atoms with Crippen LogP contribution in [0.1, 0.15) is 68.7 Å². The number of nitriles is 2. The Morgan fingerprint density at radius 1 is 0.608 bits per heavy atom. The van der Waals surface area contributed by atoms with Crippen LogP contribution in [0.2, 0.25) is 0 Å². The minimum atomic E-state index is -6.00. The third-order valence-corrected chi connectivity index (χ3v) is 17.5. The molecule has 8 rings (SSSR count). The van der Waals surface area contributed by atoms with Gasteiger partial charge < -0.3 is 24.2 Å². The predicted octanol–water partition coefficient (Wildman–Crippen LogP) is 13.9. The maximum absolute atomic E-state index is 13.0. The first-order chi connectivity index (χ1) is 35.0. The summed E-state index contributed by atoms with van der Waals surface area (Å²) in [6.45, 7) is 10.3. The summed E-state index contributed by atoms with van der Waals surface area (Å²) >= 11 is 0. The molecular weight excluding hydrogens is 1010 g/mol. The van der Waals surface area contributed by atoms with Crippen molar-refractivity contribution < 1.29 is 51.0 Å². The van der Waals surface area contributed by atoms with Crippen molar-refractivity contribution >= 4 is 83.3 Å². The SMILES string of the molecule is CCOC(=O)CCC(C)(C#N)N=NC(C)(C#N)CCC(=O)OCC(F)(F)S(=O)(=O)[O-].Cc1cc(-[s+]2c3ccccc3c3ccccc32)cc(C)c1O.Cc1cc(-[s+]2c3ccccc3c3ccccc32)cc(C)c1O. The Morgan fingerprint density at radius 3 is 1.19 bits per heavy atom. The van der Waals surface area contributed by atoms with E-state index in [0.717, 1.165) is 22.3 Å². The smallest absolute Gasteiger partial charge is 0.367 e. The van der Waals surface area contributed by atoms with E-state index < -0.39 is 51.4 Å². The Morgan fingerprint density at radius 2 is 0.905 bits per heavy atom. The van der Waals surface area contributed by atoms with E-state index in [9.17, 15) is 52.1 Å². The first kappa shape index (κ1) is 56.0. The van der Waals surface area contributed by atoms with Gasteiger partial charge in [-0.05, 0) is 132 Å². The molecule has 8 aromatic rings. The molecule has 0 aliphatic carbocycles. The number of aromatic hydroxyl groups is 2. The zero-order valence-electron chi connectivity index (χ0n) is 41.8. The second-order valence-electron chi connectivity index (χ2n) is 17.9. The molecule has 18 heteroatoms. The summed E-state index contributed by atoms with van der Waals surface area (Å²) in [5.74, 6) is -1.02. The van der Waals surface area contributed by atoms with E-state index in [0.29, 0.717) is 11.5 Å². The summed E-state index contributed by atoms with van der Waals surface area (Å²) in [6.07, 6.45) is -1.15. The van der Waals surface area contributed by atoms with Crippen LogP contribution in [0.3, 0.4) is 0 Å². The number of thiophene rings is 2. The van der Waals surface area contributed by atoms with Crippen LogP contribution in [0.25, 0.3) is 50.1 Å². The Kier molecular flexibility index (Phi) is 17.6. The molecule has 6 aromatic carbocycles. The second kappa shape index (κ2) is 23.2. The molecule has 0 saturated carbocycles. The Balaban J connectivity index is 0.000000183. The number of nitrogens with zero attached hydrogens (tertiary/aromatic N) is 4. The number of hydrogen-bond donors (Lipinski definition) is 2. The number of fused-ring (bicyclic) bond motifs is 6. The first-order valence-electron chi connectivity index (χ1n) is 23.3. The quantitative estimate of drug-likeness (QED) is 0.0451. The van der Waals surface area contributed by atoms with Crippen LogP contribution in [0, 0.1) is 50.4 Å². The van der Waals surface area contributed by atoms with Crippen molar-refractivity contribution in [1.82, 2.24) is 0 Å². The molecule has 0 bridgehead atoms. The number of ether oxygens (including phenoxy) is 2. The molecule has 384 valence electrons. The highest BCUT2D eigenvalue weighted by atomic mass is 32.2. The molecular formula is C56H55F2N4O9S3+. The molecule has 2 aromatic heterocycles. The Labute approximate surface area is 433 Å². The van der Waals surface area contributed by atoms with Crippen LogP contribution in [0.4, 0.5) is 8.78 Å². The number of esters is 2. The minimum absolute atomic E-state index is 0.0475. The van der Waals surface area contributed by atoms with Gasteiger partial charge in [0.05, 0.1) is 18.7 Å². The summed E-state index contributed by atoms with van der Waals surface area (Å²) in [6, 6.07) is 46.8. The van der Waals surface area contributed by atoms with E-state index in [1.807, 2.05) is 33.8 Å². The zero-order chi connectivity index (χ0) is 54.2. The summed E-state index contributed by atoms with van der Waals surface area (Å²) in [4.78, 5) is 25.5. The van der Waals surface area contributed by atoms with Gasteiger partial charge in [-0.2, -0.15) is 29.5 Å². The molecule has 0 amide bonds. The van der Waals surface area contributed by atoms with Gasteiger partial charge in [0.2, 0.25) is 0 Å². The molecule has 13 nitrogen and oxygen atoms in total. The van der Waals surface area contributed by atoms with Gasteiger partial charge in [-0.3, -0.25) is 9.59 Å². The number of aryl methyl sites for hydroxylation is 4. The van der Waals surface area contributed by atoms with Crippen molar-refractivity contribution in [3.63, 3.8) is 0 Å². The van der Waals surface area contributed by atoms with Gasteiger partial charge in [0, 0.05) is 79.6 Å². The van der Waals surface area contributed by atoms with Crippen molar-refractivity contribution in [3.8, 4) is 33.4 Å². The van der Waals surface area contributed by atoms with E-state index in [2.05, 4.69) is 136 Å². The number of carbonyl (C=O) groups excluding carboxylic acids is 2. The number of phenols is 2. The molecule has 2 N–H and O–H groups in total. The van der Waals surface area contributed by atoms with Crippen LogP contribution < -0.4 is 0 Å². The van der Waals surface area contributed by atoms with Crippen LogP contribution in [-0.4, -0.2) is 64.7 Å². The fraction of sp³-hybridized carbons (Fsp3) is 0.286. The maximum atomic E-state index is 13.0. The molecule has 0 spiro atoms. The number of azo groups is 1.